The first-order valence-corrected chi connectivity index (χ1v) is 10.0. The van der Waals surface area contributed by atoms with Crippen molar-refractivity contribution in [1.82, 2.24) is 5.32 Å². The molecule has 1 heterocycles. The Morgan fingerprint density at radius 3 is 2.72 bits per heavy atom. The zero-order valence-corrected chi connectivity index (χ0v) is 15.8. The topological polar surface area (TPSA) is 76.7 Å². The number of piperidine rings is 1. The molecule has 0 saturated carbocycles. The summed E-state index contributed by atoms with van der Waals surface area (Å²) in [5, 5.41) is 6.31. The third-order valence-electron chi connectivity index (χ3n) is 4.49. The van der Waals surface area contributed by atoms with E-state index in [4.69, 9.17) is 9.47 Å². The summed E-state index contributed by atoms with van der Waals surface area (Å²) < 4.78 is 22.3. The van der Waals surface area contributed by atoms with Crippen LogP contribution in [0, 0.1) is 5.41 Å². The van der Waals surface area contributed by atoms with Crippen LogP contribution in [0.5, 0.6) is 0 Å². The Hall–Kier alpha value is -1.28. The number of ether oxygens (including phenoxy) is 2. The molecule has 2 N–H and O–H groups in total. The molecule has 7 heteroatoms. The number of rotatable bonds is 9. The number of anilines is 1. The van der Waals surface area contributed by atoms with E-state index in [2.05, 4.69) is 10.6 Å². The number of hydrogen-bond acceptors (Lipinski definition) is 5. The van der Waals surface area contributed by atoms with Crippen molar-refractivity contribution in [2.24, 2.45) is 5.41 Å². The fraction of sp³-hybridized carbons (Fsp3) is 0.611. The Labute approximate surface area is 152 Å². The van der Waals surface area contributed by atoms with Gasteiger partial charge in [-0.2, -0.15) is 0 Å². The van der Waals surface area contributed by atoms with Crippen LogP contribution in [-0.4, -0.2) is 56.4 Å². The van der Waals surface area contributed by atoms with Gasteiger partial charge in [-0.3, -0.25) is 9.00 Å². The molecule has 0 radical (unpaired) electrons. The molecule has 0 spiro atoms. The van der Waals surface area contributed by atoms with E-state index >= 15 is 0 Å². The van der Waals surface area contributed by atoms with Gasteiger partial charge in [0, 0.05) is 42.2 Å². The molecule has 1 fully saturated rings. The molecule has 0 aromatic heterocycles. The minimum absolute atomic E-state index is 0.00601. The van der Waals surface area contributed by atoms with E-state index in [1.807, 2.05) is 24.3 Å². The van der Waals surface area contributed by atoms with Crippen LogP contribution >= 0.6 is 0 Å². The van der Waals surface area contributed by atoms with Crippen molar-refractivity contribution in [1.29, 1.82) is 0 Å². The van der Waals surface area contributed by atoms with Crippen molar-refractivity contribution in [2.75, 3.05) is 51.6 Å². The summed E-state index contributed by atoms with van der Waals surface area (Å²) in [5.41, 5.74) is 1.19. The quantitative estimate of drug-likeness (QED) is 0.691. The van der Waals surface area contributed by atoms with Crippen molar-refractivity contribution in [3.05, 3.63) is 29.8 Å². The minimum Gasteiger partial charge on any atom is -0.384 e. The second-order valence-electron chi connectivity index (χ2n) is 6.40. The van der Waals surface area contributed by atoms with Gasteiger partial charge in [0.25, 0.3) is 0 Å². The smallest absolute Gasteiger partial charge is 0.233 e. The number of methoxy groups -OCH3 is 2. The van der Waals surface area contributed by atoms with Gasteiger partial charge in [-0.05, 0) is 43.6 Å². The van der Waals surface area contributed by atoms with Gasteiger partial charge in [-0.15, -0.1) is 0 Å². The van der Waals surface area contributed by atoms with Gasteiger partial charge in [0.1, 0.15) is 0 Å². The molecule has 0 aliphatic carbocycles. The van der Waals surface area contributed by atoms with Gasteiger partial charge >= 0.3 is 0 Å². The van der Waals surface area contributed by atoms with Gasteiger partial charge in [0.2, 0.25) is 5.91 Å². The van der Waals surface area contributed by atoms with E-state index in [0.29, 0.717) is 24.7 Å². The first-order valence-electron chi connectivity index (χ1n) is 8.53. The fourth-order valence-corrected chi connectivity index (χ4v) is 4.10. The van der Waals surface area contributed by atoms with Gasteiger partial charge < -0.3 is 20.1 Å². The lowest BCUT2D eigenvalue weighted by Gasteiger charge is -2.35. The van der Waals surface area contributed by atoms with Crippen LogP contribution in [0.4, 0.5) is 5.69 Å². The molecular formula is C18H28N2O4S. The molecule has 1 aliphatic rings. The predicted octanol–water partition coefficient (Wildman–Crippen LogP) is 1.54. The highest BCUT2D eigenvalue weighted by Crippen LogP contribution is 2.31. The largest absolute Gasteiger partial charge is 0.384 e. The average molecular weight is 368 g/mol. The van der Waals surface area contributed by atoms with E-state index in [-0.39, 0.29) is 5.91 Å². The molecule has 1 amide bonds. The Balaban J connectivity index is 2.02. The number of amides is 1. The van der Waals surface area contributed by atoms with Gasteiger partial charge in [-0.1, -0.05) is 12.1 Å². The van der Waals surface area contributed by atoms with Crippen molar-refractivity contribution in [2.45, 2.75) is 18.6 Å². The van der Waals surface area contributed by atoms with Crippen molar-refractivity contribution in [3.63, 3.8) is 0 Å². The molecule has 25 heavy (non-hydrogen) atoms. The molecule has 1 aromatic rings. The summed E-state index contributed by atoms with van der Waals surface area (Å²) in [6.07, 6.45) is 1.51. The lowest BCUT2D eigenvalue weighted by molar-refractivity contribution is -0.130. The van der Waals surface area contributed by atoms with Crippen LogP contribution in [0.3, 0.4) is 0 Å². The highest BCUT2D eigenvalue weighted by atomic mass is 32.2. The number of hydrogen-bond donors (Lipinski definition) is 2. The fourth-order valence-electron chi connectivity index (χ4n) is 3.06. The molecule has 1 aliphatic heterocycles. The van der Waals surface area contributed by atoms with E-state index in [9.17, 15) is 9.00 Å². The molecule has 2 rings (SSSR count). The second kappa shape index (κ2) is 10.0. The summed E-state index contributed by atoms with van der Waals surface area (Å²) in [6, 6.07) is 7.56. The molecule has 140 valence electrons. The molecule has 6 nitrogen and oxygen atoms in total. The standard InChI is InChI=1S/C18H28N2O4S/c1-23-10-11-25(22)13-15-4-3-5-16(12-15)20-17(21)18(14-24-2)6-8-19-9-7-18/h3-5,12,19H,6-11,13-14H2,1-2H3,(H,20,21). The van der Waals surface area contributed by atoms with Gasteiger partial charge in [0.05, 0.1) is 18.6 Å². The zero-order valence-electron chi connectivity index (χ0n) is 15.0. The van der Waals surface area contributed by atoms with E-state index < -0.39 is 16.2 Å². The summed E-state index contributed by atoms with van der Waals surface area (Å²) in [6.45, 7) is 2.53. The summed E-state index contributed by atoms with van der Waals surface area (Å²) >= 11 is 0. The van der Waals surface area contributed by atoms with Crippen LogP contribution in [0.15, 0.2) is 24.3 Å². The van der Waals surface area contributed by atoms with Crippen LogP contribution in [0.25, 0.3) is 0 Å². The molecule has 1 aromatic carbocycles. The van der Waals surface area contributed by atoms with Gasteiger partial charge in [-0.25, -0.2) is 0 Å². The van der Waals surface area contributed by atoms with Crippen LogP contribution < -0.4 is 10.6 Å². The highest BCUT2D eigenvalue weighted by molar-refractivity contribution is 7.84. The molecule has 0 bridgehead atoms. The molecule has 1 atom stereocenters. The van der Waals surface area contributed by atoms with Crippen molar-refractivity contribution in [3.8, 4) is 0 Å². The normalized spacial score (nSPS) is 17.8. The second-order valence-corrected chi connectivity index (χ2v) is 7.98. The minimum atomic E-state index is -0.973. The summed E-state index contributed by atoms with van der Waals surface area (Å²) in [5.74, 6) is 0.963. The lowest BCUT2D eigenvalue weighted by Crippen LogP contribution is -2.47. The maximum absolute atomic E-state index is 12.9. The van der Waals surface area contributed by atoms with E-state index in [1.165, 1.54) is 0 Å². The predicted molar refractivity (Wildman–Crippen MR) is 100 cm³/mol. The Kier molecular flexibility index (Phi) is 8.02. The van der Waals surface area contributed by atoms with Crippen molar-refractivity contribution >= 4 is 22.4 Å². The highest BCUT2D eigenvalue weighted by Gasteiger charge is 2.39. The number of carbonyl (C=O) groups is 1. The Morgan fingerprint density at radius 2 is 2.04 bits per heavy atom. The Morgan fingerprint density at radius 1 is 1.28 bits per heavy atom. The summed E-state index contributed by atoms with van der Waals surface area (Å²) in [4.78, 5) is 12.9. The lowest BCUT2D eigenvalue weighted by atomic mass is 9.78. The van der Waals surface area contributed by atoms with Crippen LogP contribution in [0.2, 0.25) is 0 Å². The first kappa shape index (κ1) is 20.0. The zero-order chi connectivity index (χ0) is 18.1. The summed E-state index contributed by atoms with van der Waals surface area (Å²) in [7, 11) is 2.26. The third-order valence-corrected chi connectivity index (χ3v) is 5.77. The number of carbonyl (C=O) groups excluding carboxylic acids is 1. The SMILES string of the molecule is COCCS(=O)Cc1cccc(NC(=O)C2(COC)CCNCC2)c1. The number of benzene rings is 1. The average Bonchev–Trinajstić information content (AvgIpc) is 2.61. The Bertz CT molecular complexity index is 583. The molecule has 1 saturated heterocycles. The van der Waals surface area contributed by atoms with Crippen molar-refractivity contribution < 1.29 is 18.5 Å². The van der Waals surface area contributed by atoms with E-state index in [1.54, 1.807) is 14.2 Å². The first-order chi connectivity index (χ1) is 12.1. The van der Waals surface area contributed by atoms with Crippen LogP contribution in [0.1, 0.15) is 18.4 Å². The van der Waals surface area contributed by atoms with Gasteiger partial charge in [0.15, 0.2) is 0 Å². The number of nitrogens with one attached hydrogen (secondary N) is 2. The maximum Gasteiger partial charge on any atom is 0.233 e. The van der Waals surface area contributed by atoms with Crippen LogP contribution in [-0.2, 0) is 30.8 Å². The van der Waals surface area contributed by atoms with E-state index in [0.717, 1.165) is 37.2 Å². The monoisotopic (exact) mass is 368 g/mol. The molecular weight excluding hydrogens is 340 g/mol. The third kappa shape index (κ3) is 5.88. The maximum atomic E-state index is 12.9. The molecule has 1 unspecified atom stereocenters.